The lowest BCUT2D eigenvalue weighted by molar-refractivity contribution is -0.121. The van der Waals surface area contributed by atoms with E-state index in [9.17, 15) is 13.6 Å². The van der Waals surface area contributed by atoms with Crippen molar-refractivity contribution >= 4 is 16.9 Å². The van der Waals surface area contributed by atoms with E-state index in [-0.39, 0.29) is 24.8 Å². The molecule has 0 aliphatic carbocycles. The summed E-state index contributed by atoms with van der Waals surface area (Å²) in [6.45, 7) is -2.10. The Morgan fingerprint density at radius 1 is 0.939 bits per heavy atom. The van der Waals surface area contributed by atoms with Gasteiger partial charge in [-0.25, -0.2) is 4.98 Å². The number of fused-ring (bicyclic) bond motifs is 1. The molecule has 0 unspecified atom stereocenters. The van der Waals surface area contributed by atoms with Gasteiger partial charge < -0.3 is 19.4 Å². The lowest BCUT2D eigenvalue weighted by Crippen LogP contribution is -2.30. The summed E-state index contributed by atoms with van der Waals surface area (Å²) < 4.78 is 36.5. The first kappa shape index (κ1) is 22.3. The average Bonchev–Trinajstić information content (AvgIpc) is 3.16. The number of aromatic nitrogens is 2. The summed E-state index contributed by atoms with van der Waals surface area (Å²) in [5.74, 6) is 1.34. The van der Waals surface area contributed by atoms with Gasteiger partial charge in [-0.3, -0.25) is 4.79 Å². The van der Waals surface area contributed by atoms with Crippen LogP contribution in [0.4, 0.5) is 8.78 Å². The second-order valence-corrected chi connectivity index (χ2v) is 7.33. The van der Waals surface area contributed by atoms with Gasteiger partial charge in [0.05, 0.1) is 11.0 Å². The summed E-state index contributed by atoms with van der Waals surface area (Å²) in [6, 6.07) is 23.4. The highest BCUT2D eigenvalue weighted by molar-refractivity contribution is 5.81. The number of rotatable bonds is 10. The zero-order chi connectivity index (χ0) is 23.0. The third-order valence-corrected chi connectivity index (χ3v) is 5.03. The van der Waals surface area contributed by atoms with Crippen molar-refractivity contribution < 1.29 is 23.0 Å². The van der Waals surface area contributed by atoms with Gasteiger partial charge in [0.2, 0.25) is 5.91 Å². The summed E-state index contributed by atoms with van der Waals surface area (Å²) in [7, 11) is 0. The Kier molecular flexibility index (Phi) is 7.14. The van der Waals surface area contributed by atoms with Crippen molar-refractivity contribution in [2.24, 2.45) is 0 Å². The number of hydrogen-bond acceptors (Lipinski definition) is 4. The molecular formula is C25H23F2N3O3. The van der Waals surface area contributed by atoms with Crippen LogP contribution in [0.15, 0.2) is 78.9 Å². The Hall–Kier alpha value is -3.94. The van der Waals surface area contributed by atoms with Crippen molar-refractivity contribution in [1.29, 1.82) is 0 Å². The van der Waals surface area contributed by atoms with Gasteiger partial charge in [-0.05, 0) is 48.4 Å². The minimum Gasteiger partial charge on any atom is -0.486 e. The zero-order valence-corrected chi connectivity index (χ0v) is 17.8. The zero-order valence-electron chi connectivity index (χ0n) is 17.8. The predicted molar refractivity (Wildman–Crippen MR) is 120 cm³/mol. The molecule has 0 radical (unpaired) electrons. The van der Waals surface area contributed by atoms with E-state index in [4.69, 9.17) is 4.74 Å². The summed E-state index contributed by atoms with van der Waals surface area (Å²) in [5.41, 5.74) is 2.55. The van der Waals surface area contributed by atoms with Crippen LogP contribution < -0.4 is 14.8 Å². The molecule has 4 aromatic rings. The van der Waals surface area contributed by atoms with Crippen molar-refractivity contribution in [3.8, 4) is 11.5 Å². The number of carbonyl (C=O) groups excluding carboxylic acids is 1. The molecule has 170 valence electrons. The van der Waals surface area contributed by atoms with Crippen LogP contribution in [0.3, 0.4) is 0 Å². The molecule has 0 spiro atoms. The summed E-state index contributed by atoms with van der Waals surface area (Å²) in [6.07, 6.45) is 0.565. The number of ether oxygens (including phenoxy) is 2. The minimum absolute atomic E-state index is 0.106. The summed E-state index contributed by atoms with van der Waals surface area (Å²) >= 11 is 0. The molecule has 0 saturated heterocycles. The smallest absolute Gasteiger partial charge is 0.387 e. The quantitative estimate of drug-likeness (QED) is 0.384. The second-order valence-electron chi connectivity index (χ2n) is 7.33. The van der Waals surface area contributed by atoms with Gasteiger partial charge in [-0.2, -0.15) is 8.78 Å². The molecule has 3 aromatic carbocycles. The normalized spacial score (nSPS) is 11.0. The molecule has 33 heavy (non-hydrogen) atoms. The van der Waals surface area contributed by atoms with Gasteiger partial charge in [0.25, 0.3) is 0 Å². The molecule has 4 rings (SSSR count). The largest absolute Gasteiger partial charge is 0.486 e. The third kappa shape index (κ3) is 6.06. The SMILES string of the molecule is O=C(Cn1c(COc2ccccc2)nc2ccccc21)NCCc1ccc(OC(F)F)cc1. The van der Waals surface area contributed by atoms with Crippen LogP contribution in [-0.2, 0) is 24.4 Å². The van der Waals surface area contributed by atoms with E-state index < -0.39 is 6.61 Å². The molecule has 0 aliphatic heterocycles. The lowest BCUT2D eigenvalue weighted by Gasteiger charge is -2.11. The van der Waals surface area contributed by atoms with E-state index in [0.717, 1.165) is 22.3 Å². The van der Waals surface area contributed by atoms with Crippen molar-refractivity contribution in [3.05, 3.63) is 90.3 Å². The van der Waals surface area contributed by atoms with E-state index in [1.807, 2.05) is 59.2 Å². The standard InChI is InChI=1S/C25H23F2N3O3/c26-25(27)33-20-12-10-18(11-13-20)14-15-28-24(31)16-30-22-9-5-4-8-21(22)29-23(30)17-32-19-6-2-1-3-7-19/h1-13,25H,14-17H2,(H,28,31). The highest BCUT2D eigenvalue weighted by Crippen LogP contribution is 2.18. The molecule has 0 fully saturated rings. The van der Waals surface area contributed by atoms with Crippen LogP contribution in [-0.4, -0.2) is 28.6 Å². The summed E-state index contributed by atoms with van der Waals surface area (Å²) in [4.78, 5) is 17.3. The van der Waals surface area contributed by atoms with Crippen molar-refractivity contribution in [3.63, 3.8) is 0 Å². The predicted octanol–water partition coefficient (Wildman–Crippen LogP) is 4.58. The van der Waals surface area contributed by atoms with Crippen LogP contribution >= 0.6 is 0 Å². The monoisotopic (exact) mass is 451 g/mol. The van der Waals surface area contributed by atoms with E-state index in [0.29, 0.717) is 18.8 Å². The molecule has 0 saturated carbocycles. The molecule has 1 N–H and O–H groups in total. The fourth-order valence-corrected chi connectivity index (χ4v) is 3.46. The number of hydrogen-bond donors (Lipinski definition) is 1. The Morgan fingerprint density at radius 3 is 2.42 bits per heavy atom. The minimum atomic E-state index is -2.85. The maximum Gasteiger partial charge on any atom is 0.387 e. The molecule has 1 heterocycles. The van der Waals surface area contributed by atoms with Gasteiger partial charge in [0.15, 0.2) is 0 Å². The van der Waals surface area contributed by atoms with E-state index in [1.165, 1.54) is 12.1 Å². The maximum absolute atomic E-state index is 12.6. The number of nitrogens with zero attached hydrogens (tertiary/aromatic N) is 2. The molecule has 1 amide bonds. The van der Waals surface area contributed by atoms with E-state index in [1.54, 1.807) is 12.1 Å². The average molecular weight is 451 g/mol. The molecule has 0 aliphatic rings. The fourth-order valence-electron chi connectivity index (χ4n) is 3.46. The Balaban J connectivity index is 1.36. The van der Waals surface area contributed by atoms with Gasteiger partial charge >= 0.3 is 6.61 Å². The maximum atomic E-state index is 12.6. The number of benzene rings is 3. The summed E-state index contributed by atoms with van der Waals surface area (Å²) in [5, 5.41) is 2.90. The molecule has 0 atom stereocenters. The van der Waals surface area contributed by atoms with E-state index in [2.05, 4.69) is 15.0 Å². The van der Waals surface area contributed by atoms with Crippen LogP contribution in [0, 0.1) is 0 Å². The molecule has 1 aromatic heterocycles. The number of alkyl halides is 2. The number of halogens is 2. The Bertz CT molecular complexity index is 1190. The number of nitrogens with one attached hydrogen (secondary N) is 1. The van der Waals surface area contributed by atoms with Crippen molar-refractivity contribution in [1.82, 2.24) is 14.9 Å². The molecule has 8 heteroatoms. The first-order valence-corrected chi connectivity index (χ1v) is 10.5. The lowest BCUT2D eigenvalue weighted by atomic mass is 10.1. The first-order chi connectivity index (χ1) is 16.1. The number of imidazole rings is 1. The number of carbonyl (C=O) groups is 1. The highest BCUT2D eigenvalue weighted by Gasteiger charge is 2.14. The van der Waals surface area contributed by atoms with Crippen LogP contribution in [0.25, 0.3) is 11.0 Å². The highest BCUT2D eigenvalue weighted by atomic mass is 19.3. The molecular weight excluding hydrogens is 428 g/mol. The van der Waals surface area contributed by atoms with Crippen LogP contribution in [0.1, 0.15) is 11.4 Å². The van der Waals surface area contributed by atoms with Crippen LogP contribution in [0.5, 0.6) is 11.5 Å². The van der Waals surface area contributed by atoms with Crippen molar-refractivity contribution in [2.75, 3.05) is 6.54 Å². The number of para-hydroxylation sites is 3. The fraction of sp³-hybridized carbons (Fsp3) is 0.200. The van der Waals surface area contributed by atoms with Crippen molar-refractivity contribution in [2.45, 2.75) is 26.2 Å². The second kappa shape index (κ2) is 10.6. The first-order valence-electron chi connectivity index (χ1n) is 10.5. The van der Waals surface area contributed by atoms with Gasteiger partial charge in [0.1, 0.15) is 30.5 Å². The van der Waals surface area contributed by atoms with Gasteiger partial charge in [0, 0.05) is 6.54 Å². The van der Waals surface area contributed by atoms with Gasteiger partial charge in [-0.1, -0.05) is 42.5 Å². The van der Waals surface area contributed by atoms with Crippen LogP contribution in [0.2, 0.25) is 0 Å². The third-order valence-electron chi connectivity index (χ3n) is 5.03. The van der Waals surface area contributed by atoms with Gasteiger partial charge in [-0.15, -0.1) is 0 Å². The molecule has 0 bridgehead atoms. The topological polar surface area (TPSA) is 65.4 Å². The molecule has 6 nitrogen and oxygen atoms in total. The Morgan fingerprint density at radius 2 is 1.67 bits per heavy atom. The van der Waals surface area contributed by atoms with E-state index >= 15 is 0 Å². The Labute approximate surface area is 189 Å². The number of amides is 1.